The van der Waals surface area contributed by atoms with Crippen LogP contribution >= 0.6 is 11.8 Å². The molecule has 4 aliphatic heterocycles. The summed E-state index contributed by atoms with van der Waals surface area (Å²) in [7, 11) is 0. The number of carbonyl (C=O) groups excluding carboxylic acids is 3. The van der Waals surface area contributed by atoms with Crippen LogP contribution in [0.25, 0.3) is 0 Å². The average molecular weight is 482 g/mol. The van der Waals surface area contributed by atoms with Crippen molar-refractivity contribution in [3.8, 4) is 0 Å². The molecule has 5 unspecified atom stereocenters. The van der Waals surface area contributed by atoms with Crippen molar-refractivity contribution in [1.82, 2.24) is 4.90 Å². The van der Waals surface area contributed by atoms with Gasteiger partial charge >= 0.3 is 17.9 Å². The fourth-order valence-corrected chi connectivity index (χ4v) is 7.44. The smallest absolute Gasteiger partial charge is 0.320 e. The van der Waals surface area contributed by atoms with Crippen molar-refractivity contribution in [1.29, 1.82) is 0 Å². The Morgan fingerprint density at radius 2 is 1.91 bits per heavy atom. The zero-order valence-corrected chi connectivity index (χ0v) is 20.4. The number of carbonyl (C=O) groups is 3. The zero-order valence-electron chi connectivity index (χ0n) is 19.6. The number of hydrogen-bond donors (Lipinski definition) is 0. The lowest BCUT2D eigenvalue weighted by Crippen LogP contribution is -2.53. The highest BCUT2D eigenvalue weighted by Gasteiger charge is 2.70. The Morgan fingerprint density at radius 3 is 2.55 bits per heavy atom. The molecule has 5 rings (SSSR count). The molecule has 0 radical (unpaired) electrons. The lowest BCUT2D eigenvalue weighted by molar-refractivity contribution is -0.181. The van der Waals surface area contributed by atoms with Gasteiger partial charge in [0.1, 0.15) is 23.0 Å². The average Bonchev–Trinajstić information content (AvgIpc) is 3.55. The Hall–Kier alpha value is -1.32. The molecule has 0 aromatic carbocycles. The summed E-state index contributed by atoms with van der Waals surface area (Å²) < 4.78 is 23.6. The third-order valence-corrected chi connectivity index (χ3v) is 9.41. The zero-order chi connectivity index (χ0) is 23.2. The van der Waals surface area contributed by atoms with Crippen molar-refractivity contribution in [3.63, 3.8) is 0 Å². The molecule has 2 bridgehead atoms. The number of nitrogens with zero attached hydrogens (tertiary/aromatic N) is 1. The first-order chi connectivity index (χ1) is 15.8. The van der Waals surface area contributed by atoms with E-state index in [-0.39, 0.29) is 24.4 Å². The minimum Gasteiger partial charge on any atom is -0.465 e. The summed E-state index contributed by atoms with van der Waals surface area (Å²) in [4.78, 5) is 41.3. The number of thioether (sulfide) groups is 1. The molecule has 0 aromatic heterocycles. The predicted molar refractivity (Wildman–Crippen MR) is 121 cm³/mol. The minimum atomic E-state index is -0.831. The first-order valence-electron chi connectivity index (χ1n) is 12.4. The van der Waals surface area contributed by atoms with Crippen LogP contribution in [-0.2, 0) is 33.3 Å². The van der Waals surface area contributed by atoms with E-state index in [2.05, 4.69) is 18.7 Å². The molecule has 8 nitrogen and oxygen atoms in total. The summed E-state index contributed by atoms with van der Waals surface area (Å²) in [6.07, 6.45) is 2.80. The van der Waals surface area contributed by atoms with Crippen LogP contribution < -0.4 is 0 Å². The summed E-state index contributed by atoms with van der Waals surface area (Å²) in [5, 5.41) is 0. The Morgan fingerprint density at radius 1 is 1.18 bits per heavy atom. The van der Waals surface area contributed by atoms with Crippen LogP contribution in [0.1, 0.15) is 52.4 Å². The number of hydrogen-bond acceptors (Lipinski definition) is 9. The molecule has 0 aromatic rings. The van der Waals surface area contributed by atoms with Gasteiger partial charge in [-0.3, -0.25) is 19.3 Å². The summed E-state index contributed by atoms with van der Waals surface area (Å²) in [5.74, 6) is 0.344. The third-order valence-electron chi connectivity index (χ3n) is 8.47. The number of cyclic esters (lactones) is 1. The summed E-state index contributed by atoms with van der Waals surface area (Å²) in [6, 6.07) is 0. The van der Waals surface area contributed by atoms with E-state index < -0.39 is 41.2 Å². The molecule has 9 heteroatoms. The number of rotatable bonds is 6. The number of esters is 3. The predicted octanol–water partition coefficient (Wildman–Crippen LogP) is 2.18. The highest BCUT2D eigenvalue weighted by atomic mass is 32.2. The second-order valence-corrected chi connectivity index (χ2v) is 11.8. The third kappa shape index (κ3) is 4.08. The second kappa shape index (κ2) is 9.04. The molecule has 4 heterocycles. The van der Waals surface area contributed by atoms with Crippen LogP contribution in [0.15, 0.2) is 0 Å². The van der Waals surface area contributed by atoms with Gasteiger partial charge < -0.3 is 18.9 Å². The van der Waals surface area contributed by atoms with Gasteiger partial charge in [0.25, 0.3) is 0 Å². The molecule has 33 heavy (non-hydrogen) atoms. The Balaban J connectivity index is 1.35. The van der Waals surface area contributed by atoms with Gasteiger partial charge in [0, 0.05) is 31.0 Å². The molecule has 184 valence electrons. The topological polar surface area (TPSA) is 91.4 Å². The van der Waals surface area contributed by atoms with Crippen molar-refractivity contribution in [2.75, 3.05) is 37.7 Å². The van der Waals surface area contributed by atoms with Crippen molar-refractivity contribution >= 4 is 29.7 Å². The van der Waals surface area contributed by atoms with E-state index in [1.165, 1.54) is 0 Å². The van der Waals surface area contributed by atoms with Crippen LogP contribution in [0.5, 0.6) is 0 Å². The molecular formula is C24H35NO7S. The molecule has 0 N–H and O–H groups in total. The molecule has 5 aliphatic rings. The molecule has 1 spiro atoms. The monoisotopic (exact) mass is 481 g/mol. The Bertz CT molecular complexity index is 792. The van der Waals surface area contributed by atoms with E-state index in [9.17, 15) is 14.4 Å². The van der Waals surface area contributed by atoms with E-state index in [1.54, 1.807) is 0 Å². The number of fused-ring (bicyclic) bond motifs is 3. The maximum absolute atomic E-state index is 13.7. The van der Waals surface area contributed by atoms with E-state index >= 15 is 0 Å². The fourth-order valence-electron chi connectivity index (χ4n) is 6.46. The first kappa shape index (κ1) is 23.4. The fraction of sp³-hybridized carbons (Fsp3) is 0.875. The molecule has 4 saturated heterocycles. The maximum atomic E-state index is 13.7. The molecule has 1 aliphatic carbocycles. The second-order valence-electron chi connectivity index (χ2n) is 10.6. The van der Waals surface area contributed by atoms with Crippen molar-refractivity contribution in [2.45, 2.75) is 76.3 Å². The van der Waals surface area contributed by atoms with Gasteiger partial charge in [0.15, 0.2) is 0 Å². The van der Waals surface area contributed by atoms with Gasteiger partial charge in [-0.1, -0.05) is 13.8 Å². The van der Waals surface area contributed by atoms with E-state index in [4.69, 9.17) is 18.9 Å². The lowest BCUT2D eigenvalue weighted by atomic mass is 9.67. The molecule has 5 atom stereocenters. The lowest BCUT2D eigenvalue weighted by Gasteiger charge is -2.39. The van der Waals surface area contributed by atoms with Gasteiger partial charge in [0.2, 0.25) is 0 Å². The van der Waals surface area contributed by atoms with Gasteiger partial charge in [-0.15, -0.1) is 0 Å². The molecule has 1 saturated carbocycles. The maximum Gasteiger partial charge on any atom is 0.320 e. The first-order valence-corrected chi connectivity index (χ1v) is 13.6. The summed E-state index contributed by atoms with van der Waals surface area (Å²) >= 11 is 1.88. The summed E-state index contributed by atoms with van der Waals surface area (Å²) in [5.41, 5.74) is -1.33. The van der Waals surface area contributed by atoms with Crippen LogP contribution in [0, 0.1) is 17.3 Å². The highest BCUT2D eigenvalue weighted by Crippen LogP contribution is 2.56. The van der Waals surface area contributed by atoms with E-state index in [0.717, 1.165) is 50.3 Å². The highest BCUT2D eigenvalue weighted by molar-refractivity contribution is 7.99. The normalized spacial score (nSPS) is 37.6. The summed E-state index contributed by atoms with van der Waals surface area (Å²) in [6.45, 7) is 6.41. The van der Waals surface area contributed by atoms with Crippen LogP contribution in [0.2, 0.25) is 0 Å². The van der Waals surface area contributed by atoms with Gasteiger partial charge in [-0.25, -0.2) is 0 Å². The Kier molecular flexibility index (Phi) is 6.42. The van der Waals surface area contributed by atoms with Gasteiger partial charge in [-0.05, 0) is 38.0 Å². The molecule has 5 fully saturated rings. The molecule has 0 amide bonds. The van der Waals surface area contributed by atoms with Gasteiger partial charge in [-0.2, -0.15) is 11.8 Å². The van der Waals surface area contributed by atoms with Crippen molar-refractivity contribution in [3.05, 3.63) is 0 Å². The molecular weight excluding hydrogens is 446 g/mol. The SMILES string of the molecule is CC(C)C1(OC(=O)C2C(OC(=O)CN3CCSCC3)C3CC4(CCOC4=O)C2O3)CCCC1. The largest absolute Gasteiger partial charge is 0.465 e. The van der Waals surface area contributed by atoms with Crippen LogP contribution in [0.3, 0.4) is 0 Å². The van der Waals surface area contributed by atoms with Crippen molar-refractivity contribution < 1.29 is 33.3 Å². The van der Waals surface area contributed by atoms with E-state index in [1.807, 2.05) is 11.8 Å². The van der Waals surface area contributed by atoms with Gasteiger partial charge in [0.05, 0.1) is 25.4 Å². The van der Waals surface area contributed by atoms with E-state index in [0.29, 0.717) is 19.4 Å². The van der Waals surface area contributed by atoms with Crippen molar-refractivity contribution in [2.24, 2.45) is 17.3 Å². The quantitative estimate of drug-likeness (QED) is 0.418. The number of ether oxygens (including phenoxy) is 4. The standard InChI is InChI=1S/C24H35NO7S/c1-15(2)24(5-3-4-6-24)32-21(27)18-19(31-17(26)14-25-8-11-33-12-9-25)16-13-23(20(18)30-16)7-10-29-22(23)28/h15-16,18-20H,3-14H2,1-2H3. The van der Waals surface area contributed by atoms with Crippen LogP contribution in [-0.4, -0.2) is 84.5 Å². The van der Waals surface area contributed by atoms with Crippen LogP contribution in [0.4, 0.5) is 0 Å². The Labute approximate surface area is 199 Å². The minimum absolute atomic E-state index is 0.187.